The van der Waals surface area contributed by atoms with Crippen LogP contribution in [0.2, 0.25) is 0 Å². The Bertz CT molecular complexity index is 512. The Kier molecular flexibility index (Phi) is 8.89. The van der Waals surface area contributed by atoms with Gasteiger partial charge in [0.2, 0.25) is 0 Å². The smallest absolute Gasteiger partial charge is 0.187 e. The van der Waals surface area contributed by atoms with Gasteiger partial charge in [0, 0.05) is 6.54 Å². The molecule has 1 saturated heterocycles. The van der Waals surface area contributed by atoms with E-state index in [2.05, 4.69) is 17.2 Å². The van der Waals surface area contributed by atoms with Crippen LogP contribution in [0.15, 0.2) is 6.20 Å². The summed E-state index contributed by atoms with van der Waals surface area (Å²) in [7, 11) is 0. The van der Waals surface area contributed by atoms with Crippen LogP contribution < -0.4 is 0 Å². The van der Waals surface area contributed by atoms with Gasteiger partial charge in [0.15, 0.2) is 6.29 Å². The van der Waals surface area contributed by atoms with E-state index in [9.17, 15) is 15.3 Å². The number of unbranched alkanes of at least 4 members (excludes halogenated alkanes) is 5. The maximum atomic E-state index is 9.93. The van der Waals surface area contributed by atoms with Crippen molar-refractivity contribution < 1.29 is 29.9 Å². The monoisotopic (exact) mass is 373 g/mol. The Morgan fingerprint density at radius 2 is 1.81 bits per heavy atom. The first-order chi connectivity index (χ1) is 12.6. The summed E-state index contributed by atoms with van der Waals surface area (Å²) in [5.41, 5.74) is 0.577. The molecule has 0 bridgehead atoms. The van der Waals surface area contributed by atoms with Gasteiger partial charge in [-0.25, -0.2) is 0 Å². The van der Waals surface area contributed by atoms with Gasteiger partial charge in [-0.05, 0) is 6.42 Å². The lowest BCUT2D eigenvalue weighted by molar-refractivity contribution is -0.304. The maximum absolute atomic E-state index is 9.93. The Morgan fingerprint density at radius 1 is 1.08 bits per heavy atom. The van der Waals surface area contributed by atoms with Crippen LogP contribution in [0, 0.1) is 0 Å². The van der Waals surface area contributed by atoms with Crippen molar-refractivity contribution in [2.75, 3.05) is 6.61 Å². The van der Waals surface area contributed by atoms with Gasteiger partial charge in [-0.3, -0.25) is 4.68 Å². The summed E-state index contributed by atoms with van der Waals surface area (Å²) in [6, 6.07) is 0. The molecule has 1 fully saturated rings. The molecule has 9 nitrogen and oxygen atoms in total. The van der Waals surface area contributed by atoms with E-state index >= 15 is 0 Å². The van der Waals surface area contributed by atoms with Crippen molar-refractivity contribution in [1.29, 1.82) is 0 Å². The molecule has 26 heavy (non-hydrogen) atoms. The largest absolute Gasteiger partial charge is 0.394 e. The van der Waals surface area contributed by atoms with Crippen molar-refractivity contribution in [3.05, 3.63) is 11.9 Å². The minimum Gasteiger partial charge on any atom is -0.394 e. The fraction of sp³-hybridized carbons (Fsp3) is 0.882. The highest BCUT2D eigenvalue weighted by molar-refractivity contribution is 4.92. The molecule has 0 amide bonds. The quantitative estimate of drug-likeness (QED) is 0.397. The third-order valence-corrected chi connectivity index (χ3v) is 4.57. The normalized spacial score (nSPS) is 29.2. The molecular formula is C17H31N3O6. The zero-order chi connectivity index (χ0) is 18.9. The van der Waals surface area contributed by atoms with Crippen LogP contribution in [0.5, 0.6) is 0 Å². The predicted octanol–water partition coefficient (Wildman–Crippen LogP) is -0.0449. The topological polar surface area (TPSA) is 130 Å². The molecular weight excluding hydrogens is 342 g/mol. The highest BCUT2D eigenvalue weighted by Crippen LogP contribution is 2.22. The number of aryl methyl sites for hydroxylation is 1. The number of nitrogens with zero attached hydrogens (tertiary/aromatic N) is 3. The van der Waals surface area contributed by atoms with E-state index in [4.69, 9.17) is 14.6 Å². The van der Waals surface area contributed by atoms with E-state index in [-0.39, 0.29) is 6.61 Å². The zero-order valence-corrected chi connectivity index (χ0v) is 15.3. The maximum Gasteiger partial charge on any atom is 0.187 e. The van der Waals surface area contributed by atoms with Gasteiger partial charge in [-0.1, -0.05) is 44.2 Å². The zero-order valence-electron chi connectivity index (χ0n) is 15.3. The van der Waals surface area contributed by atoms with E-state index < -0.39 is 37.3 Å². The Morgan fingerprint density at radius 3 is 2.54 bits per heavy atom. The summed E-state index contributed by atoms with van der Waals surface area (Å²) in [6.07, 6.45) is 2.60. The molecule has 150 valence electrons. The van der Waals surface area contributed by atoms with Crippen molar-refractivity contribution in [2.45, 2.75) is 89.3 Å². The molecule has 0 spiro atoms. The van der Waals surface area contributed by atoms with Gasteiger partial charge in [0.25, 0.3) is 0 Å². The lowest BCUT2D eigenvalue weighted by Crippen LogP contribution is -2.59. The molecule has 0 aliphatic carbocycles. The summed E-state index contributed by atoms with van der Waals surface area (Å²) in [5.74, 6) is 0. The van der Waals surface area contributed by atoms with Crippen molar-refractivity contribution in [2.24, 2.45) is 0 Å². The number of aliphatic hydroxyl groups is 4. The SMILES string of the molecule is CCCCCCCCn1cc(CO[C@@H]2O[C@H](CO)[C@@H](O)[C@H](O)[C@H]2O)nn1. The highest BCUT2D eigenvalue weighted by Gasteiger charge is 2.44. The highest BCUT2D eigenvalue weighted by atomic mass is 16.7. The van der Waals surface area contributed by atoms with E-state index in [0.29, 0.717) is 5.69 Å². The van der Waals surface area contributed by atoms with Gasteiger partial charge >= 0.3 is 0 Å². The number of ether oxygens (including phenoxy) is 2. The Labute approximate surface area is 153 Å². The molecule has 0 aromatic carbocycles. The lowest BCUT2D eigenvalue weighted by Gasteiger charge is -2.39. The van der Waals surface area contributed by atoms with Crippen molar-refractivity contribution in [3.8, 4) is 0 Å². The van der Waals surface area contributed by atoms with E-state index in [1.165, 1.54) is 25.7 Å². The molecule has 1 aromatic rings. The summed E-state index contributed by atoms with van der Waals surface area (Å²) >= 11 is 0. The molecule has 4 N–H and O–H groups in total. The summed E-state index contributed by atoms with van der Waals surface area (Å²) in [4.78, 5) is 0. The van der Waals surface area contributed by atoms with E-state index in [1.54, 1.807) is 10.9 Å². The van der Waals surface area contributed by atoms with Crippen LogP contribution in [-0.2, 0) is 22.6 Å². The second kappa shape index (κ2) is 10.9. The second-order valence-electron chi connectivity index (χ2n) is 6.75. The standard InChI is InChI=1S/C17H31N3O6/c1-2-3-4-5-6-7-8-20-9-12(18-19-20)11-25-17-16(24)15(23)14(22)13(10-21)26-17/h9,13-17,21-24H,2-8,10-11H2,1H3/t13-,14-,15+,16-,17-/m1/s1. The number of aliphatic hydroxyl groups excluding tert-OH is 4. The Hall–Kier alpha value is -1.10. The molecule has 2 rings (SSSR count). The van der Waals surface area contributed by atoms with Crippen molar-refractivity contribution in [3.63, 3.8) is 0 Å². The first kappa shape index (κ1) is 21.2. The third kappa shape index (κ3) is 5.97. The van der Waals surface area contributed by atoms with E-state index in [1.807, 2.05) is 0 Å². The number of hydrogen-bond donors (Lipinski definition) is 4. The molecule has 0 saturated carbocycles. The van der Waals surface area contributed by atoms with Crippen LogP contribution in [0.1, 0.15) is 51.1 Å². The lowest BCUT2D eigenvalue weighted by atomic mass is 9.99. The summed E-state index contributed by atoms with van der Waals surface area (Å²) in [6.45, 7) is 2.54. The first-order valence-electron chi connectivity index (χ1n) is 9.38. The number of rotatable bonds is 11. The summed E-state index contributed by atoms with van der Waals surface area (Å²) in [5, 5.41) is 46.6. The average molecular weight is 373 g/mol. The van der Waals surface area contributed by atoms with Crippen LogP contribution in [0.3, 0.4) is 0 Å². The van der Waals surface area contributed by atoms with E-state index in [0.717, 1.165) is 19.4 Å². The van der Waals surface area contributed by atoms with Crippen LogP contribution in [-0.4, -0.2) is 72.7 Å². The van der Waals surface area contributed by atoms with Gasteiger partial charge in [0.1, 0.15) is 30.1 Å². The fourth-order valence-corrected chi connectivity index (χ4v) is 2.94. The summed E-state index contributed by atoms with van der Waals surface area (Å²) < 4.78 is 12.5. The minimum absolute atomic E-state index is 0.0409. The van der Waals surface area contributed by atoms with Crippen LogP contribution in [0.4, 0.5) is 0 Å². The van der Waals surface area contributed by atoms with Gasteiger partial charge in [-0.15, -0.1) is 5.10 Å². The molecule has 1 aromatic heterocycles. The molecule has 9 heteroatoms. The van der Waals surface area contributed by atoms with Crippen molar-refractivity contribution in [1.82, 2.24) is 15.0 Å². The molecule has 2 heterocycles. The van der Waals surface area contributed by atoms with Gasteiger partial charge in [-0.2, -0.15) is 0 Å². The van der Waals surface area contributed by atoms with Crippen LogP contribution in [0.25, 0.3) is 0 Å². The fourth-order valence-electron chi connectivity index (χ4n) is 2.94. The second-order valence-corrected chi connectivity index (χ2v) is 6.75. The minimum atomic E-state index is -1.45. The molecule has 1 aliphatic heterocycles. The third-order valence-electron chi connectivity index (χ3n) is 4.57. The van der Waals surface area contributed by atoms with Crippen molar-refractivity contribution >= 4 is 0 Å². The number of hydrogen-bond acceptors (Lipinski definition) is 8. The number of aromatic nitrogens is 3. The molecule has 0 unspecified atom stereocenters. The average Bonchev–Trinajstić information content (AvgIpc) is 3.10. The molecule has 0 radical (unpaired) electrons. The molecule has 1 aliphatic rings. The predicted molar refractivity (Wildman–Crippen MR) is 92.0 cm³/mol. The first-order valence-corrected chi connectivity index (χ1v) is 9.38. The van der Waals surface area contributed by atoms with Gasteiger partial charge in [0.05, 0.1) is 19.4 Å². The Balaban J connectivity index is 1.73. The van der Waals surface area contributed by atoms with Gasteiger partial charge < -0.3 is 29.9 Å². The molecule has 5 atom stereocenters. The van der Waals surface area contributed by atoms with Crippen LogP contribution >= 0.6 is 0 Å².